The van der Waals surface area contributed by atoms with Gasteiger partial charge in [-0.15, -0.1) is 0 Å². The van der Waals surface area contributed by atoms with Crippen molar-refractivity contribution in [2.75, 3.05) is 38.7 Å². The number of carbonyl (C=O) groups excluding carboxylic acids is 3. The number of hydrogen-bond donors (Lipinski definition) is 0. The van der Waals surface area contributed by atoms with Gasteiger partial charge >= 0.3 is 12.0 Å². The second kappa shape index (κ2) is 9.86. The molecule has 2 atom stereocenters. The third kappa shape index (κ3) is 4.47. The number of amides is 3. The van der Waals surface area contributed by atoms with E-state index in [0.29, 0.717) is 47.4 Å². The Morgan fingerprint density at radius 3 is 2.43 bits per heavy atom. The van der Waals surface area contributed by atoms with Crippen LogP contribution in [0.2, 0.25) is 10.0 Å². The van der Waals surface area contributed by atoms with Crippen molar-refractivity contribution in [3.8, 4) is 6.07 Å². The molecule has 2 aromatic rings. The van der Waals surface area contributed by atoms with Crippen LogP contribution in [0.4, 0.5) is 10.5 Å². The highest BCUT2D eigenvalue weighted by Crippen LogP contribution is 2.46. The smallest absolute Gasteiger partial charge is 0.332 e. The molecule has 1 spiro atoms. The summed E-state index contributed by atoms with van der Waals surface area (Å²) in [6, 6.07) is 13.3. The number of hydrogen-bond acceptors (Lipinski definition) is 6. The largest absolute Gasteiger partial charge is 0.469 e. The van der Waals surface area contributed by atoms with Crippen molar-refractivity contribution in [3.05, 3.63) is 63.6 Å². The summed E-state index contributed by atoms with van der Waals surface area (Å²) in [5, 5.41) is 9.83. The maximum Gasteiger partial charge on any atom is 0.332 e. The fourth-order valence-corrected chi connectivity index (χ4v) is 5.53. The molecule has 0 bridgehead atoms. The minimum absolute atomic E-state index is 0.261. The molecule has 4 rings (SSSR count). The molecule has 0 N–H and O–H groups in total. The van der Waals surface area contributed by atoms with Crippen molar-refractivity contribution in [1.82, 2.24) is 9.80 Å². The number of benzene rings is 2. The minimum Gasteiger partial charge on any atom is -0.469 e. The van der Waals surface area contributed by atoms with Crippen molar-refractivity contribution in [3.63, 3.8) is 0 Å². The van der Waals surface area contributed by atoms with Gasteiger partial charge in [-0.3, -0.25) is 14.5 Å². The number of anilines is 1. The molecule has 2 fully saturated rings. The lowest BCUT2D eigenvalue weighted by molar-refractivity contribution is -0.140. The van der Waals surface area contributed by atoms with Gasteiger partial charge in [-0.25, -0.2) is 9.69 Å². The van der Waals surface area contributed by atoms with E-state index in [9.17, 15) is 19.6 Å². The van der Waals surface area contributed by atoms with Gasteiger partial charge in [0.25, 0.3) is 5.91 Å². The second-order valence-corrected chi connectivity index (χ2v) is 9.61. The molecule has 2 unspecified atom stereocenters. The third-order valence-electron chi connectivity index (χ3n) is 6.76. The van der Waals surface area contributed by atoms with E-state index in [-0.39, 0.29) is 24.2 Å². The molecule has 2 aliphatic heterocycles. The van der Waals surface area contributed by atoms with Gasteiger partial charge in [0, 0.05) is 42.5 Å². The van der Waals surface area contributed by atoms with Gasteiger partial charge in [-0.05, 0) is 48.9 Å². The Bertz CT molecular complexity index is 1190. The first-order valence-corrected chi connectivity index (χ1v) is 11.8. The number of likely N-dealkylation sites (tertiary alicyclic amines) is 1. The minimum atomic E-state index is -1.18. The van der Waals surface area contributed by atoms with Gasteiger partial charge in [-0.2, -0.15) is 5.26 Å². The molecule has 2 aliphatic rings. The number of ether oxygens (including phenoxy) is 1. The number of urea groups is 1. The predicted octanol–water partition coefficient (Wildman–Crippen LogP) is 4.05. The van der Waals surface area contributed by atoms with Crippen LogP contribution < -0.4 is 4.90 Å². The average Bonchev–Trinajstić information content (AvgIpc) is 3.30. The van der Waals surface area contributed by atoms with E-state index < -0.39 is 11.6 Å². The first-order valence-electron chi connectivity index (χ1n) is 11.1. The third-order valence-corrected chi connectivity index (χ3v) is 7.20. The molecule has 0 radical (unpaired) electrons. The number of nitriles is 1. The van der Waals surface area contributed by atoms with Gasteiger partial charge in [0.05, 0.1) is 24.4 Å². The second-order valence-electron chi connectivity index (χ2n) is 8.74. The van der Waals surface area contributed by atoms with Crippen LogP contribution in [0.1, 0.15) is 29.9 Å². The molecule has 2 heterocycles. The zero-order valence-corrected chi connectivity index (χ0v) is 20.8. The van der Waals surface area contributed by atoms with Crippen LogP contribution in [0.25, 0.3) is 0 Å². The molecule has 182 valence electrons. The lowest BCUT2D eigenvalue weighted by Gasteiger charge is -2.34. The summed E-state index contributed by atoms with van der Waals surface area (Å²) in [4.78, 5) is 43.8. The number of nitrogens with zero attached hydrogens (tertiary/aromatic N) is 4. The number of rotatable bonds is 6. The van der Waals surface area contributed by atoms with Crippen LogP contribution in [0.15, 0.2) is 42.5 Å². The number of carbonyl (C=O) groups is 3. The lowest BCUT2D eigenvalue weighted by Crippen LogP contribution is -2.53. The summed E-state index contributed by atoms with van der Waals surface area (Å²) < 4.78 is 4.73. The molecule has 10 heteroatoms. The standard InChI is InChI=1S/C25H24Cl2N4O4/c1-29-24(34)31(20-11-18(26)10-19(27)12-20)23(33)25(29)15-30(9-3-4-22(32)35-2)14-21(25)17-7-5-16(13-28)6-8-17/h5-8,10-12,21H,3-4,9,14-15H2,1-2H3. The first-order chi connectivity index (χ1) is 16.7. The molecule has 0 aromatic heterocycles. The maximum atomic E-state index is 14.1. The van der Waals surface area contributed by atoms with Crippen LogP contribution >= 0.6 is 23.2 Å². The Kier molecular flexibility index (Phi) is 7.04. The molecule has 0 saturated carbocycles. The van der Waals surface area contributed by atoms with Gasteiger partial charge in [0.2, 0.25) is 0 Å². The molecular formula is C25H24Cl2N4O4. The summed E-state index contributed by atoms with van der Waals surface area (Å²) >= 11 is 12.3. The molecule has 8 nitrogen and oxygen atoms in total. The zero-order valence-electron chi connectivity index (χ0n) is 19.3. The fraction of sp³-hybridized carbons (Fsp3) is 0.360. The molecule has 0 aliphatic carbocycles. The molecule has 2 aromatic carbocycles. The molecule has 35 heavy (non-hydrogen) atoms. The summed E-state index contributed by atoms with van der Waals surface area (Å²) in [5.41, 5.74) is 0.487. The van der Waals surface area contributed by atoms with Crippen molar-refractivity contribution in [2.45, 2.75) is 24.3 Å². The van der Waals surface area contributed by atoms with E-state index >= 15 is 0 Å². The van der Waals surface area contributed by atoms with Gasteiger partial charge in [0.15, 0.2) is 0 Å². The van der Waals surface area contributed by atoms with E-state index in [0.717, 1.165) is 10.5 Å². The zero-order chi connectivity index (χ0) is 25.3. The van der Waals surface area contributed by atoms with E-state index in [4.69, 9.17) is 27.9 Å². The Balaban J connectivity index is 1.72. The maximum absolute atomic E-state index is 14.1. The van der Waals surface area contributed by atoms with Crippen molar-refractivity contribution in [2.24, 2.45) is 0 Å². The van der Waals surface area contributed by atoms with E-state index in [1.165, 1.54) is 30.2 Å². The number of imide groups is 1. The summed E-state index contributed by atoms with van der Waals surface area (Å²) in [6.45, 7) is 1.35. The van der Waals surface area contributed by atoms with Gasteiger partial charge in [0.1, 0.15) is 5.54 Å². The summed E-state index contributed by atoms with van der Waals surface area (Å²) in [5.74, 6) is -1.02. The fourth-order valence-electron chi connectivity index (χ4n) is 5.01. The van der Waals surface area contributed by atoms with Crippen LogP contribution in [0, 0.1) is 11.3 Å². The Hall–Kier alpha value is -3.12. The number of likely N-dealkylation sites (N-methyl/N-ethyl adjacent to an activating group) is 1. The number of esters is 1. The topological polar surface area (TPSA) is 94.0 Å². The quantitative estimate of drug-likeness (QED) is 0.426. The SMILES string of the molecule is COC(=O)CCCN1CC(c2ccc(C#N)cc2)C2(C1)C(=O)N(c1cc(Cl)cc(Cl)c1)C(=O)N2C. The van der Waals surface area contributed by atoms with E-state index in [2.05, 4.69) is 11.0 Å². The van der Waals surface area contributed by atoms with Crippen molar-refractivity contribution >= 4 is 46.8 Å². The summed E-state index contributed by atoms with van der Waals surface area (Å²) in [6.07, 6.45) is 0.819. The first kappa shape index (κ1) is 25.0. The Morgan fingerprint density at radius 1 is 1.17 bits per heavy atom. The predicted molar refractivity (Wildman–Crippen MR) is 131 cm³/mol. The van der Waals surface area contributed by atoms with Gasteiger partial charge in [-0.1, -0.05) is 35.3 Å². The highest BCUT2D eigenvalue weighted by Gasteiger charge is 2.64. The van der Waals surface area contributed by atoms with Gasteiger partial charge < -0.3 is 9.64 Å². The van der Waals surface area contributed by atoms with E-state index in [1.807, 2.05) is 12.1 Å². The Morgan fingerprint density at radius 2 is 1.83 bits per heavy atom. The highest BCUT2D eigenvalue weighted by atomic mass is 35.5. The van der Waals surface area contributed by atoms with Crippen molar-refractivity contribution in [1.29, 1.82) is 5.26 Å². The summed E-state index contributed by atoms with van der Waals surface area (Å²) in [7, 11) is 2.98. The Labute approximate surface area is 213 Å². The van der Waals surface area contributed by atoms with Crippen LogP contribution in [-0.2, 0) is 14.3 Å². The molecule has 3 amide bonds. The number of methoxy groups -OCH3 is 1. The average molecular weight is 515 g/mol. The van der Waals surface area contributed by atoms with Crippen LogP contribution in [-0.4, -0.2) is 67.0 Å². The normalized spacial score (nSPS) is 22.2. The monoisotopic (exact) mass is 514 g/mol. The highest BCUT2D eigenvalue weighted by molar-refractivity contribution is 6.35. The lowest BCUT2D eigenvalue weighted by atomic mass is 9.80. The van der Waals surface area contributed by atoms with Crippen molar-refractivity contribution < 1.29 is 19.1 Å². The molecule has 2 saturated heterocycles. The van der Waals surface area contributed by atoms with E-state index in [1.54, 1.807) is 19.2 Å². The number of halogens is 2. The van der Waals surface area contributed by atoms with Crippen LogP contribution in [0.3, 0.4) is 0 Å². The molecular weight excluding hydrogens is 491 g/mol. The van der Waals surface area contributed by atoms with Crippen LogP contribution in [0.5, 0.6) is 0 Å².